The fraction of sp³-hybridized carbons (Fsp3) is 0.471. The van der Waals surface area contributed by atoms with E-state index in [2.05, 4.69) is 63.5 Å². The fourth-order valence-electron chi connectivity index (χ4n) is 2.51. The van der Waals surface area contributed by atoms with Gasteiger partial charge in [-0.05, 0) is 26.3 Å². The standard InChI is InChI=1S/C17H25N3/c1-12(2)16-19-14(11-13-9-7-6-8-10-13)15(18)20(16)17(3,4)5/h6-10,12H,11,18H2,1-5H3. The van der Waals surface area contributed by atoms with Crippen LogP contribution in [0.3, 0.4) is 0 Å². The summed E-state index contributed by atoms with van der Waals surface area (Å²) in [5.41, 5.74) is 8.55. The van der Waals surface area contributed by atoms with Gasteiger partial charge in [-0.1, -0.05) is 44.2 Å². The van der Waals surface area contributed by atoms with Crippen LogP contribution in [-0.4, -0.2) is 9.55 Å². The maximum absolute atomic E-state index is 6.38. The molecule has 0 saturated carbocycles. The molecule has 0 radical (unpaired) electrons. The molecule has 0 bridgehead atoms. The summed E-state index contributed by atoms with van der Waals surface area (Å²) < 4.78 is 2.18. The molecule has 20 heavy (non-hydrogen) atoms. The smallest absolute Gasteiger partial charge is 0.127 e. The topological polar surface area (TPSA) is 43.8 Å². The molecule has 0 spiro atoms. The zero-order valence-corrected chi connectivity index (χ0v) is 13.1. The van der Waals surface area contributed by atoms with E-state index in [0.29, 0.717) is 5.92 Å². The number of nitrogens with two attached hydrogens (primary N) is 1. The van der Waals surface area contributed by atoms with Crippen molar-refractivity contribution in [3.63, 3.8) is 0 Å². The summed E-state index contributed by atoms with van der Waals surface area (Å²) in [7, 11) is 0. The summed E-state index contributed by atoms with van der Waals surface area (Å²) in [5.74, 6) is 2.23. The molecule has 2 rings (SSSR count). The van der Waals surface area contributed by atoms with Gasteiger partial charge in [-0.15, -0.1) is 0 Å². The molecule has 0 atom stereocenters. The van der Waals surface area contributed by atoms with Crippen LogP contribution in [0.4, 0.5) is 5.82 Å². The number of imidazole rings is 1. The van der Waals surface area contributed by atoms with E-state index >= 15 is 0 Å². The first-order valence-electron chi connectivity index (χ1n) is 7.22. The van der Waals surface area contributed by atoms with Gasteiger partial charge in [0.05, 0.1) is 5.69 Å². The van der Waals surface area contributed by atoms with Gasteiger partial charge in [0.1, 0.15) is 11.6 Å². The van der Waals surface area contributed by atoms with Gasteiger partial charge in [-0.25, -0.2) is 4.98 Å². The molecule has 0 aliphatic heterocycles. The zero-order chi connectivity index (χ0) is 14.9. The van der Waals surface area contributed by atoms with Crippen LogP contribution in [-0.2, 0) is 12.0 Å². The third-order valence-corrected chi connectivity index (χ3v) is 3.42. The fourth-order valence-corrected chi connectivity index (χ4v) is 2.51. The van der Waals surface area contributed by atoms with E-state index in [1.807, 2.05) is 6.07 Å². The third kappa shape index (κ3) is 2.87. The van der Waals surface area contributed by atoms with Crippen molar-refractivity contribution >= 4 is 5.82 Å². The number of hydrogen-bond acceptors (Lipinski definition) is 2. The average Bonchev–Trinajstić information content (AvgIpc) is 2.68. The molecule has 3 nitrogen and oxygen atoms in total. The molecule has 0 amide bonds. The quantitative estimate of drug-likeness (QED) is 0.919. The molecule has 0 fully saturated rings. The van der Waals surface area contributed by atoms with Crippen LogP contribution in [0.1, 0.15) is 57.6 Å². The van der Waals surface area contributed by atoms with Crippen LogP contribution >= 0.6 is 0 Å². The van der Waals surface area contributed by atoms with Crippen LogP contribution in [0.25, 0.3) is 0 Å². The van der Waals surface area contributed by atoms with E-state index < -0.39 is 0 Å². The van der Waals surface area contributed by atoms with Crippen molar-refractivity contribution in [1.82, 2.24) is 9.55 Å². The summed E-state index contributed by atoms with van der Waals surface area (Å²) in [6, 6.07) is 10.4. The predicted octanol–water partition coefficient (Wildman–Crippen LogP) is 3.93. The van der Waals surface area contributed by atoms with Gasteiger partial charge in [-0.2, -0.15) is 0 Å². The van der Waals surface area contributed by atoms with E-state index in [4.69, 9.17) is 10.7 Å². The minimum atomic E-state index is -0.0500. The maximum atomic E-state index is 6.38. The molecule has 108 valence electrons. The van der Waals surface area contributed by atoms with E-state index in [1.54, 1.807) is 0 Å². The number of benzene rings is 1. The maximum Gasteiger partial charge on any atom is 0.127 e. The highest BCUT2D eigenvalue weighted by molar-refractivity contribution is 5.43. The van der Waals surface area contributed by atoms with Crippen molar-refractivity contribution in [2.45, 2.75) is 52.5 Å². The van der Waals surface area contributed by atoms with Gasteiger partial charge in [0.2, 0.25) is 0 Å². The van der Waals surface area contributed by atoms with Crippen molar-refractivity contribution in [2.75, 3.05) is 5.73 Å². The second-order valence-electron chi connectivity index (χ2n) is 6.63. The third-order valence-electron chi connectivity index (χ3n) is 3.42. The first-order valence-corrected chi connectivity index (χ1v) is 7.22. The average molecular weight is 271 g/mol. The predicted molar refractivity (Wildman–Crippen MR) is 85.0 cm³/mol. The first kappa shape index (κ1) is 14.6. The molecule has 1 aromatic heterocycles. The SMILES string of the molecule is CC(C)c1nc(Cc2ccccc2)c(N)n1C(C)(C)C. The molecule has 0 aliphatic rings. The van der Waals surface area contributed by atoms with Gasteiger partial charge in [-0.3, -0.25) is 0 Å². The Kier molecular flexibility index (Phi) is 3.89. The lowest BCUT2D eigenvalue weighted by Crippen LogP contribution is -2.26. The molecular weight excluding hydrogens is 246 g/mol. The minimum Gasteiger partial charge on any atom is -0.384 e. The number of anilines is 1. The largest absolute Gasteiger partial charge is 0.384 e. The van der Waals surface area contributed by atoms with Crippen molar-refractivity contribution in [3.05, 3.63) is 47.4 Å². The number of nitrogens with zero attached hydrogens (tertiary/aromatic N) is 2. The van der Waals surface area contributed by atoms with Crippen LogP contribution in [0, 0.1) is 0 Å². The van der Waals surface area contributed by atoms with Crippen molar-refractivity contribution in [3.8, 4) is 0 Å². The molecule has 2 aromatic rings. The van der Waals surface area contributed by atoms with E-state index in [0.717, 1.165) is 23.8 Å². The number of nitrogen functional groups attached to an aromatic ring is 1. The highest BCUT2D eigenvalue weighted by atomic mass is 15.2. The van der Waals surface area contributed by atoms with Crippen LogP contribution in [0.5, 0.6) is 0 Å². The van der Waals surface area contributed by atoms with E-state index in [1.165, 1.54) is 5.56 Å². The lowest BCUT2D eigenvalue weighted by atomic mass is 10.1. The Bertz CT molecular complexity index is 574. The Morgan fingerprint density at radius 3 is 2.20 bits per heavy atom. The Labute approximate surface area is 121 Å². The van der Waals surface area contributed by atoms with Crippen LogP contribution < -0.4 is 5.73 Å². The van der Waals surface area contributed by atoms with Gasteiger partial charge in [0.15, 0.2) is 0 Å². The highest BCUT2D eigenvalue weighted by Crippen LogP contribution is 2.29. The summed E-state index contributed by atoms with van der Waals surface area (Å²) in [5, 5.41) is 0. The van der Waals surface area contributed by atoms with Crippen molar-refractivity contribution in [2.24, 2.45) is 0 Å². The summed E-state index contributed by atoms with van der Waals surface area (Å²) in [6.07, 6.45) is 0.787. The van der Waals surface area contributed by atoms with Crippen LogP contribution in [0.15, 0.2) is 30.3 Å². The molecule has 1 heterocycles. The van der Waals surface area contributed by atoms with Crippen LogP contribution in [0.2, 0.25) is 0 Å². The first-order chi connectivity index (χ1) is 9.30. The highest BCUT2D eigenvalue weighted by Gasteiger charge is 2.25. The molecule has 3 heteroatoms. The van der Waals surface area contributed by atoms with Crippen molar-refractivity contribution < 1.29 is 0 Å². The normalized spacial score (nSPS) is 12.1. The number of aromatic nitrogens is 2. The van der Waals surface area contributed by atoms with E-state index in [-0.39, 0.29) is 5.54 Å². The lowest BCUT2D eigenvalue weighted by Gasteiger charge is -2.26. The Hall–Kier alpha value is -1.77. The van der Waals surface area contributed by atoms with E-state index in [9.17, 15) is 0 Å². The van der Waals surface area contributed by atoms with Gasteiger partial charge in [0.25, 0.3) is 0 Å². The van der Waals surface area contributed by atoms with Gasteiger partial charge >= 0.3 is 0 Å². The summed E-state index contributed by atoms with van der Waals surface area (Å²) in [6.45, 7) is 10.8. The zero-order valence-electron chi connectivity index (χ0n) is 13.1. The molecule has 0 aliphatic carbocycles. The molecule has 2 N–H and O–H groups in total. The second-order valence-corrected chi connectivity index (χ2v) is 6.63. The van der Waals surface area contributed by atoms with Crippen molar-refractivity contribution in [1.29, 1.82) is 0 Å². The monoisotopic (exact) mass is 271 g/mol. The Balaban J connectivity index is 2.46. The Morgan fingerprint density at radius 1 is 1.15 bits per heavy atom. The molecule has 0 saturated heterocycles. The number of hydrogen-bond donors (Lipinski definition) is 1. The molecular formula is C17H25N3. The van der Waals surface area contributed by atoms with Gasteiger partial charge in [0, 0.05) is 17.9 Å². The molecule has 0 unspecified atom stereocenters. The Morgan fingerprint density at radius 2 is 1.75 bits per heavy atom. The minimum absolute atomic E-state index is 0.0500. The second kappa shape index (κ2) is 5.31. The molecule has 1 aromatic carbocycles. The van der Waals surface area contributed by atoms with Gasteiger partial charge < -0.3 is 10.3 Å². The number of rotatable bonds is 3. The lowest BCUT2D eigenvalue weighted by molar-refractivity contribution is 0.382. The summed E-state index contributed by atoms with van der Waals surface area (Å²) >= 11 is 0. The summed E-state index contributed by atoms with van der Waals surface area (Å²) in [4.78, 5) is 4.81.